The molecule has 2 heterocycles. The van der Waals surface area contributed by atoms with Crippen LogP contribution in [-0.2, 0) is 6.54 Å². The maximum atomic E-state index is 13.8. The van der Waals surface area contributed by atoms with Crippen molar-refractivity contribution in [1.82, 2.24) is 9.47 Å². The minimum atomic E-state index is -0.280. The van der Waals surface area contributed by atoms with Crippen LogP contribution in [0, 0.1) is 6.92 Å². The van der Waals surface area contributed by atoms with Crippen molar-refractivity contribution in [2.75, 3.05) is 12.4 Å². The number of methoxy groups -OCH3 is 1. The van der Waals surface area contributed by atoms with Crippen LogP contribution in [0.25, 0.3) is 5.69 Å². The fourth-order valence-corrected chi connectivity index (χ4v) is 4.67. The molecule has 0 unspecified atom stereocenters. The largest absolute Gasteiger partial charge is 0.495 e. The molecule has 4 aromatic rings. The van der Waals surface area contributed by atoms with Crippen LogP contribution in [0.3, 0.4) is 0 Å². The number of aromatic nitrogens is 1. The highest BCUT2D eigenvalue weighted by atomic mass is 35.5. The molecule has 0 fully saturated rings. The molecule has 6 heteroatoms. The fourth-order valence-electron chi connectivity index (χ4n) is 4.50. The first-order valence-electron chi connectivity index (χ1n) is 10.8. The van der Waals surface area contributed by atoms with Gasteiger partial charge in [-0.05, 0) is 54.4 Å². The number of rotatable bonds is 3. The molecule has 0 saturated carbocycles. The van der Waals surface area contributed by atoms with Gasteiger partial charge in [0.05, 0.1) is 31.1 Å². The number of para-hydroxylation sites is 1. The Labute approximate surface area is 198 Å². The van der Waals surface area contributed by atoms with Crippen molar-refractivity contribution < 1.29 is 9.53 Å². The molecule has 33 heavy (non-hydrogen) atoms. The van der Waals surface area contributed by atoms with Gasteiger partial charge in [0, 0.05) is 16.9 Å². The van der Waals surface area contributed by atoms with Crippen LogP contribution in [0.2, 0.25) is 5.02 Å². The average Bonchev–Trinajstić information content (AvgIpc) is 3.23. The Hall–Kier alpha value is -3.70. The van der Waals surface area contributed by atoms with E-state index in [2.05, 4.69) is 59.4 Å². The second-order valence-corrected chi connectivity index (χ2v) is 8.59. The number of carbonyl (C=O) groups is 1. The average molecular weight is 458 g/mol. The first-order valence-corrected chi connectivity index (χ1v) is 11.2. The number of nitrogens with zero attached hydrogens (tertiary/aromatic N) is 2. The molecule has 1 aromatic heterocycles. The van der Waals surface area contributed by atoms with E-state index < -0.39 is 0 Å². The summed E-state index contributed by atoms with van der Waals surface area (Å²) in [5.41, 5.74) is 5.90. The van der Waals surface area contributed by atoms with Gasteiger partial charge in [-0.25, -0.2) is 4.79 Å². The highest BCUT2D eigenvalue weighted by molar-refractivity contribution is 6.31. The smallest absolute Gasteiger partial charge is 0.323 e. The summed E-state index contributed by atoms with van der Waals surface area (Å²) in [4.78, 5) is 15.7. The van der Waals surface area contributed by atoms with Crippen LogP contribution in [0.1, 0.15) is 28.4 Å². The first kappa shape index (κ1) is 21.2. The minimum absolute atomic E-state index is 0.230. The zero-order valence-corrected chi connectivity index (χ0v) is 19.2. The highest BCUT2D eigenvalue weighted by Gasteiger charge is 2.33. The summed E-state index contributed by atoms with van der Waals surface area (Å²) in [5, 5.41) is 3.56. The molecule has 1 aliphatic rings. The molecule has 0 aliphatic carbocycles. The minimum Gasteiger partial charge on any atom is -0.495 e. The van der Waals surface area contributed by atoms with Crippen molar-refractivity contribution in [2.24, 2.45) is 0 Å². The van der Waals surface area contributed by atoms with Gasteiger partial charge in [-0.3, -0.25) is 0 Å². The molecule has 3 aromatic carbocycles. The number of halogens is 1. The Morgan fingerprint density at radius 1 is 1.03 bits per heavy atom. The van der Waals surface area contributed by atoms with Gasteiger partial charge in [0.1, 0.15) is 5.75 Å². The van der Waals surface area contributed by atoms with Gasteiger partial charge in [0.25, 0.3) is 0 Å². The van der Waals surface area contributed by atoms with E-state index in [1.54, 1.807) is 25.3 Å². The van der Waals surface area contributed by atoms with Crippen molar-refractivity contribution >= 4 is 23.3 Å². The number of hydrogen-bond acceptors (Lipinski definition) is 2. The summed E-state index contributed by atoms with van der Waals surface area (Å²) in [5.74, 6) is 0.554. The Morgan fingerprint density at radius 3 is 2.70 bits per heavy atom. The molecule has 0 spiro atoms. The third kappa shape index (κ3) is 3.96. The highest BCUT2D eigenvalue weighted by Crippen LogP contribution is 2.38. The van der Waals surface area contributed by atoms with Gasteiger partial charge in [-0.2, -0.15) is 0 Å². The molecular formula is C27H24ClN3O2. The Balaban J connectivity index is 1.64. The predicted molar refractivity (Wildman–Crippen MR) is 131 cm³/mol. The zero-order valence-electron chi connectivity index (χ0n) is 18.5. The van der Waals surface area contributed by atoms with Crippen LogP contribution < -0.4 is 10.1 Å². The number of ether oxygens (including phenoxy) is 1. The number of hydrogen-bond donors (Lipinski definition) is 1. The fraction of sp³-hybridized carbons (Fsp3) is 0.148. The molecule has 1 aliphatic heterocycles. The Kier molecular flexibility index (Phi) is 5.56. The molecule has 0 radical (unpaired) electrons. The topological polar surface area (TPSA) is 46.5 Å². The van der Waals surface area contributed by atoms with Crippen molar-refractivity contribution in [3.63, 3.8) is 0 Å². The number of amides is 2. The second kappa shape index (κ2) is 8.68. The maximum absolute atomic E-state index is 13.8. The van der Waals surface area contributed by atoms with E-state index in [4.69, 9.17) is 16.3 Å². The van der Waals surface area contributed by atoms with Crippen LogP contribution in [0.4, 0.5) is 10.5 Å². The molecule has 5 rings (SSSR count). The van der Waals surface area contributed by atoms with Gasteiger partial charge >= 0.3 is 6.03 Å². The number of anilines is 1. The third-order valence-corrected chi connectivity index (χ3v) is 6.22. The lowest BCUT2D eigenvalue weighted by Gasteiger charge is -2.31. The first-order chi connectivity index (χ1) is 16.0. The SMILES string of the molecule is COc1ccc(Cl)cc1NC(=O)N1Cc2ccccc2-n2cccc2[C@H]1c1cccc(C)c1. The lowest BCUT2D eigenvalue weighted by Crippen LogP contribution is -2.38. The summed E-state index contributed by atoms with van der Waals surface area (Å²) in [6.07, 6.45) is 2.05. The van der Waals surface area contributed by atoms with Crippen LogP contribution in [-0.4, -0.2) is 22.6 Å². The van der Waals surface area contributed by atoms with Crippen molar-refractivity contribution in [1.29, 1.82) is 0 Å². The van der Waals surface area contributed by atoms with E-state index in [9.17, 15) is 4.79 Å². The predicted octanol–water partition coefficient (Wildman–Crippen LogP) is 6.58. The zero-order chi connectivity index (χ0) is 22.9. The van der Waals surface area contributed by atoms with Gasteiger partial charge in [0.15, 0.2) is 0 Å². The molecule has 5 nitrogen and oxygen atoms in total. The molecule has 2 amide bonds. The normalized spacial score (nSPS) is 14.8. The third-order valence-electron chi connectivity index (χ3n) is 5.99. The second-order valence-electron chi connectivity index (χ2n) is 8.15. The van der Waals surface area contributed by atoms with E-state index in [0.29, 0.717) is 23.0 Å². The molecular weight excluding hydrogens is 434 g/mol. The molecule has 1 atom stereocenters. The number of benzene rings is 3. The molecule has 1 N–H and O–H groups in total. The number of carbonyl (C=O) groups excluding carboxylic acids is 1. The summed E-state index contributed by atoms with van der Waals surface area (Å²) >= 11 is 6.21. The van der Waals surface area contributed by atoms with Crippen LogP contribution >= 0.6 is 11.6 Å². The summed E-state index contributed by atoms with van der Waals surface area (Å²) in [7, 11) is 1.57. The number of aryl methyl sites for hydroxylation is 1. The van der Waals surface area contributed by atoms with Crippen molar-refractivity contribution in [3.8, 4) is 11.4 Å². The Bertz CT molecular complexity index is 1330. The van der Waals surface area contributed by atoms with E-state index >= 15 is 0 Å². The molecule has 0 bridgehead atoms. The maximum Gasteiger partial charge on any atom is 0.323 e. The quantitative estimate of drug-likeness (QED) is 0.377. The van der Waals surface area contributed by atoms with Crippen LogP contribution in [0.5, 0.6) is 5.75 Å². The number of urea groups is 1. The van der Waals surface area contributed by atoms with E-state index in [1.165, 1.54) is 0 Å². The number of fused-ring (bicyclic) bond motifs is 3. The molecule has 166 valence electrons. The number of nitrogens with one attached hydrogen (secondary N) is 1. The van der Waals surface area contributed by atoms with Gasteiger partial charge in [0.2, 0.25) is 0 Å². The van der Waals surface area contributed by atoms with Crippen molar-refractivity contribution in [3.05, 3.63) is 112 Å². The Morgan fingerprint density at radius 2 is 1.88 bits per heavy atom. The van der Waals surface area contributed by atoms with Crippen molar-refractivity contribution in [2.45, 2.75) is 19.5 Å². The van der Waals surface area contributed by atoms with E-state index in [1.807, 2.05) is 29.2 Å². The molecule has 0 saturated heterocycles. The summed E-state index contributed by atoms with van der Waals surface area (Å²) in [6, 6.07) is 25.3. The monoisotopic (exact) mass is 457 g/mol. The van der Waals surface area contributed by atoms with E-state index in [-0.39, 0.29) is 12.1 Å². The van der Waals surface area contributed by atoms with Gasteiger partial charge in [-0.1, -0.05) is 59.6 Å². The van der Waals surface area contributed by atoms with Crippen LogP contribution in [0.15, 0.2) is 85.1 Å². The van der Waals surface area contributed by atoms with E-state index in [0.717, 1.165) is 28.1 Å². The lowest BCUT2D eigenvalue weighted by atomic mass is 10.00. The van der Waals surface area contributed by atoms with Gasteiger partial charge in [-0.15, -0.1) is 0 Å². The summed E-state index contributed by atoms with van der Waals surface area (Å²) < 4.78 is 7.62. The standard InChI is InChI=1S/C27H24ClN3O2/c1-18-7-5-9-19(15-18)26-24-11-6-14-30(24)23-10-4-3-8-20(23)17-31(26)27(32)29-22-16-21(28)12-13-25(22)33-2/h3-16,26H,17H2,1-2H3,(H,29,32)/t26-/m1/s1. The summed E-state index contributed by atoms with van der Waals surface area (Å²) in [6.45, 7) is 2.51. The van der Waals surface area contributed by atoms with Gasteiger partial charge < -0.3 is 19.5 Å². The lowest BCUT2D eigenvalue weighted by molar-refractivity contribution is 0.194.